The van der Waals surface area contributed by atoms with E-state index < -0.39 is 0 Å². The second kappa shape index (κ2) is 11.5. The van der Waals surface area contributed by atoms with E-state index in [1.165, 1.54) is 0 Å². The number of ether oxygens (including phenoxy) is 3. The molecule has 1 N–H and O–H groups in total. The van der Waals surface area contributed by atoms with Crippen LogP contribution >= 0.6 is 31.9 Å². The summed E-state index contributed by atoms with van der Waals surface area (Å²) in [5, 5.41) is 4.05. The van der Waals surface area contributed by atoms with Crippen molar-refractivity contribution in [2.75, 3.05) is 40.0 Å². The summed E-state index contributed by atoms with van der Waals surface area (Å²) in [6.07, 6.45) is 1.57. The maximum absolute atomic E-state index is 12.0. The molecule has 9 heteroatoms. The average molecular weight is 541 g/mol. The SMILES string of the molecule is COc1cc(/C=N/NC(=O)CN2CCOCC2)cc(Br)c1OCc1ccc(Br)cc1. The van der Waals surface area contributed by atoms with Gasteiger partial charge in [0.2, 0.25) is 0 Å². The number of nitrogens with one attached hydrogen (secondary N) is 1. The van der Waals surface area contributed by atoms with E-state index in [4.69, 9.17) is 14.2 Å². The molecule has 1 aliphatic heterocycles. The second-order valence-electron chi connectivity index (χ2n) is 6.63. The van der Waals surface area contributed by atoms with Crippen LogP contribution in [0.4, 0.5) is 0 Å². The van der Waals surface area contributed by atoms with Gasteiger partial charge in [-0.05, 0) is 51.3 Å². The van der Waals surface area contributed by atoms with E-state index in [0.29, 0.717) is 37.9 Å². The topological polar surface area (TPSA) is 72.4 Å². The first-order valence-electron chi connectivity index (χ1n) is 9.42. The van der Waals surface area contributed by atoms with E-state index in [9.17, 15) is 4.79 Å². The Morgan fingerprint density at radius 3 is 2.67 bits per heavy atom. The lowest BCUT2D eigenvalue weighted by atomic mass is 10.2. The second-order valence-corrected chi connectivity index (χ2v) is 8.40. The average Bonchev–Trinajstić information content (AvgIpc) is 2.74. The van der Waals surface area contributed by atoms with Crippen molar-refractivity contribution in [3.8, 4) is 11.5 Å². The van der Waals surface area contributed by atoms with Gasteiger partial charge >= 0.3 is 0 Å². The van der Waals surface area contributed by atoms with Crippen molar-refractivity contribution in [1.29, 1.82) is 0 Å². The van der Waals surface area contributed by atoms with E-state index in [1.807, 2.05) is 35.2 Å². The van der Waals surface area contributed by atoms with Crippen molar-refractivity contribution in [2.24, 2.45) is 5.10 Å². The maximum atomic E-state index is 12.0. The molecular formula is C21H23Br2N3O4. The number of morpholine rings is 1. The summed E-state index contributed by atoms with van der Waals surface area (Å²) in [6.45, 7) is 3.52. The van der Waals surface area contributed by atoms with Crippen LogP contribution in [0.5, 0.6) is 11.5 Å². The summed E-state index contributed by atoms with van der Waals surface area (Å²) in [5.74, 6) is 1.02. The molecule has 160 valence electrons. The molecule has 0 spiro atoms. The first kappa shape index (κ1) is 22.7. The molecule has 2 aromatic rings. The normalized spacial score (nSPS) is 14.6. The van der Waals surface area contributed by atoms with Crippen molar-refractivity contribution in [2.45, 2.75) is 6.61 Å². The van der Waals surface area contributed by atoms with E-state index >= 15 is 0 Å². The van der Waals surface area contributed by atoms with Gasteiger partial charge in [-0.1, -0.05) is 28.1 Å². The van der Waals surface area contributed by atoms with Crippen molar-refractivity contribution >= 4 is 44.0 Å². The third-order valence-corrected chi connectivity index (χ3v) is 5.54. The fourth-order valence-corrected chi connectivity index (χ4v) is 3.71. The standard InChI is InChI=1S/C21H23Br2N3O4/c1-28-19-11-16(12-24-25-20(27)13-26-6-8-29-9-7-26)10-18(23)21(19)30-14-15-2-4-17(22)5-3-15/h2-5,10-12H,6-9,13-14H2,1H3,(H,25,27)/b24-12+. The molecule has 7 nitrogen and oxygen atoms in total. The summed E-state index contributed by atoms with van der Waals surface area (Å²) in [7, 11) is 1.58. The summed E-state index contributed by atoms with van der Waals surface area (Å²) in [4.78, 5) is 14.1. The highest BCUT2D eigenvalue weighted by atomic mass is 79.9. The third kappa shape index (κ3) is 6.80. The van der Waals surface area contributed by atoms with Crippen LogP contribution in [-0.2, 0) is 16.1 Å². The highest BCUT2D eigenvalue weighted by Crippen LogP contribution is 2.36. The Morgan fingerprint density at radius 1 is 1.23 bits per heavy atom. The molecule has 0 atom stereocenters. The number of hydrogen-bond donors (Lipinski definition) is 1. The minimum absolute atomic E-state index is 0.159. The zero-order chi connectivity index (χ0) is 21.3. The van der Waals surface area contributed by atoms with Crippen molar-refractivity contribution in [3.05, 3.63) is 56.5 Å². The Balaban J connectivity index is 1.59. The summed E-state index contributed by atoms with van der Waals surface area (Å²) >= 11 is 6.95. The number of carbonyl (C=O) groups is 1. The zero-order valence-corrected chi connectivity index (χ0v) is 19.7. The van der Waals surface area contributed by atoms with Crippen LogP contribution in [0.15, 0.2) is 50.4 Å². The summed E-state index contributed by atoms with van der Waals surface area (Å²) < 4.78 is 18.5. The molecule has 0 radical (unpaired) electrons. The predicted octanol–water partition coefficient (Wildman–Crippen LogP) is 3.58. The van der Waals surface area contributed by atoms with Gasteiger partial charge in [-0.3, -0.25) is 9.69 Å². The van der Waals surface area contributed by atoms with Crippen LogP contribution in [0.25, 0.3) is 0 Å². The molecule has 1 amide bonds. The Morgan fingerprint density at radius 2 is 1.97 bits per heavy atom. The summed E-state index contributed by atoms with van der Waals surface area (Å²) in [6, 6.07) is 11.6. The third-order valence-electron chi connectivity index (χ3n) is 4.42. The van der Waals surface area contributed by atoms with Crippen LogP contribution in [0.1, 0.15) is 11.1 Å². The monoisotopic (exact) mass is 539 g/mol. The number of nitrogens with zero attached hydrogens (tertiary/aromatic N) is 2. The predicted molar refractivity (Wildman–Crippen MR) is 122 cm³/mol. The van der Waals surface area contributed by atoms with Crippen LogP contribution in [-0.4, -0.2) is 57.0 Å². The molecular weight excluding hydrogens is 518 g/mol. The Bertz CT molecular complexity index is 885. The van der Waals surface area contributed by atoms with Gasteiger partial charge in [-0.15, -0.1) is 0 Å². The molecule has 0 aromatic heterocycles. The molecule has 2 aromatic carbocycles. The number of hydrazone groups is 1. The number of carbonyl (C=O) groups excluding carboxylic acids is 1. The minimum Gasteiger partial charge on any atom is -0.493 e. The number of rotatable bonds is 8. The molecule has 0 saturated carbocycles. The van der Waals surface area contributed by atoms with Gasteiger partial charge in [0.05, 0.1) is 37.6 Å². The number of methoxy groups -OCH3 is 1. The first-order valence-corrected chi connectivity index (χ1v) is 11.0. The molecule has 3 rings (SSSR count). The molecule has 0 bridgehead atoms. The van der Waals surface area contributed by atoms with Crippen LogP contribution < -0.4 is 14.9 Å². The molecule has 0 unspecified atom stereocenters. The van der Waals surface area contributed by atoms with Gasteiger partial charge in [0.1, 0.15) is 6.61 Å². The molecule has 0 aliphatic carbocycles. The van der Waals surface area contributed by atoms with E-state index in [-0.39, 0.29) is 5.91 Å². The summed E-state index contributed by atoms with van der Waals surface area (Å²) in [5.41, 5.74) is 4.37. The van der Waals surface area contributed by atoms with Gasteiger partial charge in [0.15, 0.2) is 11.5 Å². The molecule has 1 aliphatic rings. The lowest BCUT2D eigenvalue weighted by Crippen LogP contribution is -2.42. The van der Waals surface area contributed by atoms with Crippen molar-refractivity contribution in [1.82, 2.24) is 10.3 Å². The van der Waals surface area contributed by atoms with Crippen molar-refractivity contribution in [3.63, 3.8) is 0 Å². The van der Waals surface area contributed by atoms with E-state index in [0.717, 1.165) is 33.2 Å². The van der Waals surface area contributed by atoms with Crippen molar-refractivity contribution < 1.29 is 19.0 Å². The van der Waals surface area contributed by atoms with E-state index in [1.54, 1.807) is 19.4 Å². The quantitative estimate of drug-likeness (QED) is 0.409. The number of amides is 1. The van der Waals surface area contributed by atoms with Gasteiger partial charge in [-0.2, -0.15) is 5.10 Å². The van der Waals surface area contributed by atoms with Gasteiger partial charge in [-0.25, -0.2) is 5.43 Å². The smallest absolute Gasteiger partial charge is 0.254 e. The first-order chi connectivity index (χ1) is 14.5. The highest BCUT2D eigenvalue weighted by molar-refractivity contribution is 9.10. The number of benzene rings is 2. The molecule has 1 heterocycles. The minimum atomic E-state index is -0.159. The van der Waals surface area contributed by atoms with Gasteiger partial charge in [0.25, 0.3) is 5.91 Å². The Labute approximate surface area is 192 Å². The van der Waals surface area contributed by atoms with Crippen LogP contribution in [0, 0.1) is 0 Å². The Hall–Kier alpha value is -1.94. The number of hydrogen-bond acceptors (Lipinski definition) is 6. The van der Waals surface area contributed by atoms with Crippen LogP contribution in [0.2, 0.25) is 0 Å². The fourth-order valence-electron chi connectivity index (χ4n) is 2.87. The largest absolute Gasteiger partial charge is 0.493 e. The van der Waals surface area contributed by atoms with Gasteiger partial charge < -0.3 is 14.2 Å². The lowest BCUT2D eigenvalue weighted by Gasteiger charge is -2.25. The molecule has 1 fully saturated rings. The van der Waals surface area contributed by atoms with Crippen LogP contribution in [0.3, 0.4) is 0 Å². The fraction of sp³-hybridized carbons (Fsp3) is 0.333. The molecule has 1 saturated heterocycles. The Kier molecular flexibility index (Phi) is 8.68. The van der Waals surface area contributed by atoms with Gasteiger partial charge in [0, 0.05) is 17.6 Å². The lowest BCUT2D eigenvalue weighted by molar-refractivity contribution is -0.123. The highest BCUT2D eigenvalue weighted by Gasteiger charge is 2.14. The zero-order valence-electron chi connectivity index (χ0n) is 16.6. The molecule has 30 heavy (non-hydrogen) atoms. The van der Waals surface area contributed by atoms with E-state index in [2.05, 4.69) is 42.4 Å². The number of halogens is 2. The maximum Gasteiger partial charge on any atom is 0.254 e.